The van der Waals surface area contributed by atoms with Crippen LogP contribution in [0.1, 0.15) is 175 Å². The Labute approximate surface area is 352 Å². The van der Waals surface area contributed by atoms with Crippen molar-refractivity contribution in [3.63, 3.8) is 0 Å². The van der Waals surface area contributed by atoms with Crippen LogP contribution in [0.2, 0.25) is 0 Å². The fourth-order valence-corrected chi connectivity index (χ4v) is 6.62. The van der Waals surface area contributed by atoms with E-state index in [1.165, 1.54) is 77.0 Å². The fraction of sp³-hybridized carbons (Fsp3) is 0.787. The molecule has 334 valence electrons. The van der Waals surface area contributed by atoms with Crippen LogP contribution < -0.4 is 21.5 Å². The molecule has 0 bridgehead atoms. The molecule has 0 fully saturated rings. The predicted molar refractivity (Wildman–Crippen MR) is 240 cm³/mol. The first kappa shape index (κ1) is 53.0. The van der Waals surface area contributed by atoms with Gasteiger partial charge in [0.2, 0.25) is 0 Å². The van der Waals surface area contributed by atoms with Crippen LogP contribution in [0.15, 0.2) is 33.9 Å². The van der Waals surface area contributed by atoms with E-state index < -0.39 is 17.1 Å². The van der Waals surface area contributed by atoms with Gasteiger partial charge in [-0.2, -0.15) is 0 Å². The molecule has 58 heavy (non-hydrogen) atoms. The molecular formula is C47H83N3O8. The third kappa shape index (κ3) is 28.4. The van der Waals surface area contributed by atoms with Gasteiger partial charge in [-0.15, -0.1) is 0 Å². The van der Waals surface area contributed by atoms with E-state index in [1.54, 1.807) is 7.05 Å². The zero-order chi connectivity index (χ0) is 42.3. The summed E-state index contributed by atoms with van der Waals surface area (Å²) in [6, 6.07) is 0. The van der Waals surface area contributed by atoms with Gasteiger partial charge in [0.05, 0.1) is 12.8 Å². The Morgan fingerprint density at radius 2 is 1.07 bits per heavy atom. The van der Waals surface area contributed by atoms with Gasteiger partial charge in [-0.05, 0) is 70.9 Å². The lowest BCUT2D eigenvalue weighted by Gasteiger charge is -2.22. The van der Waals surface area contributed by atoms with Crippen molar-refractivity contribution in [1.29, 1.82) is 0 Å². The quantitative estimate of drug-likeness (QED) is 0.0215. The Balaban J connectivity index is 2.39. The number of carbonyl (C=O) groups excluding carboxylic acids is 2. The van der Waals surface area contributed by atoms with Crippen molar-refractivity contribution in [2.45, 2.75) is 181 Å². The number of hydrogen-bond acceptors (Lipinski definition) is 11. The lowest BCUT2D eigenvalue weighted by atomic mass is 10.1. The molecule has 0 spiro atoms. The molecule has 0 unspecified atom stereocenters. The van der Waals surface area contributed by atoms with Crippen LogP contribution in [-0.4, -0.2) is 82.8 Å². The minimum absolute atomic E-state index is 0.0128. The smallest absolute Gasteiger partial charge is 0.307 e. The van der Waals surface area contributed by atoms with Gasteiger partial charge in [0, 0.05) is 39.8 Å². The second-order valence-corrected chi connectivity index (χ2v) is 15.4. The monoisotopic (exact) mass is 818 g/mol. The van der Waals surface area contributed by atoms with E-state index in [9.17, 15) is 19.2 Å². The van der Waals surface area contributed by atoms with Gasteiger partial charge in [-0.3, -0.25) is 19.2 Å². The Morgan fingerprint density at radius 1 is 0.569 bits per heavy atom. The molecule has 0 heterocycles. The van der Waals surface area contributed by atoms with E-state index in [4.69, 9.17) is 18.9 Å². The van der Waals surface area contributed by atoms with Crippen molar-refractivity contribution in [3.8, 4) is 0 Å². The molecule has 0 saturated heterocycles. The largest absolute Gasteiger partial charge is 0.462 e. The molecule has 11 heteroatoms. The number of rotatable bonds is 42. The lowest BCUT2D eigenvalue weighted by Crippen LogP contribution is -2.37. The van der Waals surface area contributed by atoms with E-state index >= 15 is 0 Å². The molecule has 0 amide bonds. The first-order chi connectivity index (χ1) is 28.4. The molecule has 0 aliphatic heterocycles. The summed E-state index contributed by atoms with van der Waals surface area (Å²) >= 11 is 0. The summed E-state index contributed by atoms with van der Waals surface area (Å²) in [6.07, 6.45) is 33.5. The van der Waals surface area contributed by atoms with Crippen molar-refractivity contribution in [3.05, 3.63) is 44.8 Å². The highest BCUT2D eigenvalue weighted by atomic mass is 16.7. The number of unbranched alkanes of at least 4 members (excludes halogenated alkanes) is 15. The minimum atomic E-state index is -0.484. The maximum atomic E-state index is 12.6. The third-order valence-corrected chi connectivity index (χ3v) is 10.2. The first-order valence-electron chi connectivity index (χ1n) is 23.2. The summed E-state index contributed by atoms with van der Waals surface area (Å²) in [6.45, 7) is 10.6. The van der Waals surface area contributed by atoms with Crippen LogP contribution in [0, 0.1) is 0 Å². The average Bonchev–Trinajstić information content (AvgIpc) is 3.23. The van der Waals surface area contributed by atoms with Crippen LogP contribution in [0.4, 0.5) is 11.4 Å². The second kappa shape index (κ2) is 38.2. The number of nitrogens with zero attached hydrogens (tertiary/aromatic N) is 1. The van der Waals surface area contributed by atoms with Gasteiger partial charge in [0.1, 0.15) is 24.6 Å². The highest BCUT2D eigenvalue weighted by Crippen LogP contribution is 2.14. The number of esters is 2. The average molecular weight is 818 g/mol. The SMILES string of the molecule is CCCCC/C=C\C/C=C\CCCCCCCCN(CCCNc1c(NC)c(=O)c1=O)CCC(=O)OCCOC(=O)CCC(OCCCCCC)OCCCCCC. The summed E-state index contributed by atoms with van der Waals surface area (Å²) < 4.78 is 22.7. The van der Waals surface area contributed by atoms with Gasteiger partial charge >= 0.3 is 11.9 Å². The van der Waals surface area contributed by atoms with Crippen molar-refractivity contribution >= 4 is 23.3 Å². The molecule has 2 N–H and O–H groups in total. The standard InChI is InChI=1S/C47H83N3O8/c1-5-8-11-14-15-16-17-18-19-20-21-22-23-24-25-26-34-50(35-29-33-49-45-44(48-4)46(53)47(45)54)36-32-42(52)56-40-39-55-41(51)30-31-43(57-37-27-12-9-6-2)58-38-28-13-10-7-3/h15-16,18-19,43,48-49H,5-14,17,20-40H2,1-4H3/b16-15-,19-18-. The molecule has 0 radical (unpaired) electrons. The van der Waals surface area contributed by atoms with E-state index in [0.29, 0.717) is 44.1 Å². The Kier molecular flexibility index (Phi) is 34.9. The Bertz CT molecular complexity index is 1260. The van der Waals surface area contributed by atoms with Gasteiger partial charge in [0.15, 0.2) is 6.29 Å². The zero-order valence-electron chi connectivity index (χ0n) is 37.2. The van der Waals surface area contributed by atoms with E-state index in [1.807, 2.05) is 0 Å². The number of allylic oxidation sites excluding steroid dienone is 4. The van der Waals surface area contributed by atoms with E-state index in [2.05, 4.69) is 60.6 Å². The van der Waals surface area contributed by atoms with Crippen LogP contribution in [0.25, 0.3) is 0 Å². The molecule has 1 aromatic rings. The molecule has 0 atom stereocenters. The van der Waals surface area contributed by atoms with Crippen molar-refractivity contribution < 1.29 is 28.5 Å². The normalized spacial score (nSPS) is 11.8. The van der Waals surface area contributed by atoms with Crippen molar-refractivity contribution in [2.24, 2.45) is 0 Å². The number of hydrogen-bond donors (Lipinski definition) is 2. The molecule has 1 aromatic carbocycles. The maximum absolute atomic E-state index is 12.6. The third-order valence-electron chi connectivity index (χ3n) is 10.2. The maximum Gasteiger partial charge on any atom is 0.307 e. The van der Waals surface area contributed by atoms with Crippen LogP contribution >= 0.6 is 0 Å². The van der Waals surface area contributed by atoms with Gasteiger partial charge in [-0.1, -0.05) is 122 Å². The van der Waals surface area contributed by atoms with E-state index in [-0.39, 0.29) is 38.0 Å². The predicted octanol–water partition coefficient (Wildman–Crippen LogP) is 10.0. The van der Waals surface area contributed by atoms with Crippen molar-refractivity contribution in [2.75, 3.05) is 70.3 Å². The minimum Gasteiger partial charge on any atom is -0.462 e. The molecule has 0 aliphatic rings. The molecule has 0 aliphatic carbocycles. The number of ether oxygens (including phenoxy) is 4. The van der Waals surface area contributed by atoms with Crippen molar-refractivity contribution in [1.82, 2.24) is 4.90 Å². The van der Waals surface area contributed by atoms with Gasteiger partial charge in [-0.25, -0.2) is 0 Å². The number of nitrogens with one attached hydrogen (secondary N) is 2. The van der Waals surface area contributed by atoms with Crippen LogP contribution in [0.3, 0.4) is 0 Å². The summed E-state index contributed by atoms with van der Waals surface area (Å²) in [7, 11) is 1.63. The topological polar surface area (TPSA) is 132 Å². The summed E-state index contributed by atoms with van der Waals surface area (Å²) in [5.41, 5.74) is -0.276. The molecule has 11 nitrogen and oxygen atoms in total. The molecule has 1 rings (SSSR count). The summed E-state index contributed by atoms with van der Waals surface area (Å²) in [5.74, 6) is -0.685. The van der Waals surface area contributed by atoms with Crippen LogP contribution in [-0.2, 0) is 28.5 Å². The Morgan fingerprint density at radius 3 is 1.67 bits per heavy atom. The fourth-order valence-electron chi connectivity index (χ4n) is 6.62. The highest BCUT2D eigenvalue weighted by Gasteiger charge is 2.19. The summed E-state index contributed by atoms with van der Waals surface area (Å²) in [4.78, 5) is 51.0. The van der Waals surface area contributed by atoms with Gasteiger partial charge in [0.25, 0.3) is 10.9 Å². The molecule has 0 aromatic heterocycles. The second-order valence-electron chi connectivity index (χ2n) is 15.4. The molecular weight excluding hydrogens is 735 g/mol. The lowest BCUT2D eigenvalue weighted by molar-refractivity contribution is -0.161. The first-order valence-corrected chi connectivity index (χ1v) is 23.2. The van der Waals surface area contributed by atoms with Crippen LogP contribution in [0.5, 0.6) is 0 Å². The highest BCUT2D eigenvalue weighted by molar-refractivity contribution is 5.73. The Hall–Kier alpha value is -3.02. The zero-order valence-corrected chi connectivity index (χ0v) is 37.2. The van der Waals surface area contributed by atoms with Gasteiger partial charge < -0.3 is 34.5 Å². The molecule has 0 saturated carbocycles. The number of anilines is 2. The number of carbonyl (C=O) groups is 2. The van der Waals surface area contributed by atoms with E-state index in [0.717, 1.165) is 70.9 Å². The summed E-state index contributed by atoms with van der Waals surface area (Å²) in [5, 5.41) is 5.89.